The minimum Gasteiger partial charge on any atom is -0.452 e. The van der Waals surface area contributed by atoms with Crippen molar-refractivity contribution < 1.29 is 24.2 Å². The minimum absolute atomic E-state index is 0.130. The first-order valence-corrected chi connectivity index (χ1v) is 9.60. The van der Waals surface area contributed by atoms with E-state index in [4.69, 9.17) is 9.84 Å². The third kappa shape index (κ3) is 6.01. The van der Waals surface area contributed by atoms with Crippen LogP contribution in [0.4, 0.5) is 11.4 Å². The molecule has 0 aliphatic rings. The fourth-order valence-electron chi connectivity index (χ4n) is 2.86. The molecule has 0 atom stereocenters. The fourth-order valence-corrected chi connectivity index (χ4v) is 2.86. The number of nitrogens with one attached hydrogen (secondary N) is 2. The second-order valence-corrected chi connectivity index (χ2v) is 6.85. The van der Waals surface area contributed by atoms with E-state index in [1.807, 2.05) is 25.1 Å². The summed E-state index contributed by atoms with van der Waals surface area (Å²) in [4.78, 5) is 37.0. The van der Waals surface area contributed by atoms with Gasteiger partial charge in [-0.3, -0.25) is 9.59 Å². The number of aryl methyl sites for hydroxylation is 1. The monoisotopic (exact) mass is 418 g/mol. The molecule has 3 rings (SSSR count). The summed E-state index contributed by atoms with van der Waals surface area (Å²) in [5, 5.41) is 14.4. The van der Waals surface area contributed by atoms with Crippen molar-refractivity contribution in [3.8, 4) is 0 Å². The van der Waals surface area contributed by atoms with Gasteiger partial charge in [0.1, 0.15) is 0 Å². The van der Waals surface area contributed by atoms with Crippen molar-refractivity contribution >= 4 is 29.2 Å². The van der Waals surface area contributed by atoms with Gasteiger partial charge in [-0.15, -0.1) is 0 Å². The Morgan fingerprint density at radius 1 is 0.903 bits per heavy atom. The lowest BCUT2D eigenvalue weighted by atomic mass is 10.1. The Kier molecular flexibility index (Phi) is 7.13. The molecule has 7 heteroatoms. The predicted molar refractivity (Wildman–Crippen MR) is 117 cm³/mol. The molecule has 0 bridgehead atoms. The van der Waals surface area contributed by atoms with Gasteiger partial charge in [-0.25, -0.2) is 4.79 Å². The summed E-state index contributed by atoms with van der Waals surface area (Å²) in [6.07, 6.45) is 0. The first-order chi connectivity index (χ1) is 15.0. The number of carbonyl (C=O) groups excluding carboxylic acids is 3. The van der Waals surface area contributed by atoms with Crippen molar-refractivity contribution in [3.63, 3.8) is 0 Å². The van der Waals surface area contributed by atoms with E-state index in [9.17, 15) is 14.4 Å². The zero-order valence-electron chi connectivity index (χ0n) is 16.9. The molecule has 31 heavy (non-hydrogen) atoms. The summed E-state index contributed by atoms with van der Waals surface area (Å²) in [6, 6.07) is 20.2. The Bertz CT molecular complexity index is 1090. The van der Waals surface area contributed by atoms with Gasteiger partial charge < -0.3 is 20.5 Å². The number of aliphatic hydroxyl groups excluding tert-OH is 1. The maximum absolute atomic E-state index is 12.7. The van der Waals surface area contributed by atoms with Gasteiger partial charge in [0, 0.05) is 5.69 Å². The van der Waals surface area contributed by atoms with Crippen molar-refractivity contribution in [2.45, 2.75) is 13.5 Å². The van der Waals surface area contributed by atoms with Crippen LogP contribution in [0.15, 0.2) is 72.8 Å². The van der Waals surface area contributed by atoms with Crippen molar-refractivity contribution in [1.29, 1.82) is 0 Å². The van der Waals surface area contributed by atoms with Crippen LogP contribution in [0, 0.1) is 6.92 Å². The molecule has 0 aliphatic heterocycles. The zero-order valence-corrected chi connectivity index (χ0v) is 16.9. The number of para-hydroxylation sites is 1. The number of hydrogen-bond donors (Lipinski definition) is 3. The highest BCUT2D eigenvalue weighted by Crippen LogP contribution is 2.18. The Morgan fingerprint density at radius 2 is 1.65 bits per heavy atom. The van der Waals surface area contributed by atoms with Gasteiger partial charge in [0.25, 0.3) is 11.8 Å². The number of benzene rings is 3. The maximum atomic E-state index is 12.7. The van der Waals surface area contributed by atoms with Crippen molar-refractivity contribution in [2.24, 2.45) is 0 Å². The Balaban J connectivity index is 1.61. The van der Waals surface area contributed by atoms with E-state index >= 15 is 0 Å². The van der Waals surface area contributed by atoms with E-state index in [0.29, 0.717) is 16.9 Å². The molecule has 0 spiro atoms. The van der Waals surface area contributed by atoms with E-state index in [1.54, 1.807) is 42.5 Å². The van der Waals surface area contributed by atoms with Gasteiger partial charge in [0.2, 0.25) is 0 Å². The van der Waals surface area contributed by atoms with Crippen LogP contribution in [0.1, 0.15) is 31.8 Å². The molecule has 0 saturated carbocycles. The van der Waals surface area contributed by atoms with Gasteiger partial charge >= 0.3 is 5.97 Å². The summed E-state index contributed by atoms with van der Waals surface area (Å²) >= 11 is 0. The molecule has 2 amide bonds. The van der Waals surface area contributed by atoms with Crippen LogP contribution in [0.5, 0.6) is 0 Å². The highest BCUT2D eigenvalue weighted by molar-refractivity contribution is 6.10. The average molecular weight is 418 g/mol. The number of amides is 2. The molecule has 0 aromatic heterocycles. The van der Waals surface area contributed by atoms with E-state index in [2.05, 4.69) is 10.6 Å². The fraction of sp³-hybridized carbons (Fsp3) is 0.125. The van der Waals surface area contributed by atoms with E-state index in [1.165, 1.54) is 12.1 Å². The Hall–Kier alpha value is -3.97. The lowest BCUT2D eigenvalue weighted by Crippen LogP contribution is -2.23. The summed E-state index contributed by atoms with van der Waals surface area (Å²) < 4.78 is 5.03. The lowest BCUT2D eigenvalue weighted by molar-refractivity contribution is -0.119. The largest absolute Gasteiger partial charge is 0.452 e. The average Bonchev–Trinajstić information content (AvgIpc) is 2.78. The third-order valence-electron chi connectivity index (χ3n) is 4.43. The quantitative estimate of drug-likeness (QED) is 0.509. The number of carbonyl (C=O) groups is 3. The van der Waals surface area contributed by atoms with Crippen LogP contribution in [0.2, 0.25) is 0 Å². The normalized spacial score (nSPS) is 10.3. The first kappa shape index (κ1) is 21.7. The number of hydrogen-bond acceptors (Lipinski definition) is 5. The number of anilines is 2. The number of aliphatic hydroxyl groups is 1. The van der Waals surface area contributed by atoms with Crippen LogP contribution < -0.4 is 10.6 Å². The topological polar surface area (TPSA) is 105 Å². The van der Waals surface area contributed by atoms with Gasteiger partial charge in [-0.1, -0.05) is 36.4 Å². The first-order valence-electron chi connectivity index (χ1n) is 9.60. The minimum atomic E-state index is -0.662. The number of rotatable bonds is 7. The van der Waals surface area contributed by atoms with Crippen molar-refractivity contribution in [3.05, 3.63) is 95.1 Å². The van der Waals surface area contributed by atoms with Gasteiger partial charge in [0.15, 0.2) is 6.61 Å². The molecule has 158 valence electrons. The molecule has 3 N–H and O–H groups in total. The van der Waals surface area contributed by atoms with Crippen LogP contribution in [0.25, 0.3) is 0 Å². The molecule has 0 radical (unpaired) electrons. The van der Waals surface area contributed by atoms with Crippen LogP contribution in [-0.2, 0) is 16.1 Å². The Morgan fingerprint density at radius 3 is 2.35 bits per heavy atom. The van der Waals surface area contributed by atoms with E-state index in [-0.39, 0.29) is 23.6 Å². The van der Waals surface area contributed by atoms with Gasteiger partial charge in [-0.05, 0) is 54.4 Å². The number of esters is 1. The van der Waals surface area contributed by atoms with Crippen molar-refractivity contribution in [1.82, 2.24) is 0 Å². The van der Waals surface area contributed by atoms with E-state index < -0.39 is 18.5 Å². The summed E-state index contributed by atoms with van der Waals surface area (Å²) in [5.41, 5.74) is 3.17. The summed E-state index contributed by atoms with van der Waals surface area (Å²) in [7, 11) is 0. The number of ether oxygens (including phenoxy) is 1. The summed E-state index contributed by atoms with van der Waals surface area (Å²) in [5.74, 6) is -1.61. The molecule has 0 fully saturated rings. The molecular weight excluding hydrogens is 396 g/mol. The SMILES string of the molecule is Cc1cccc(NC(=O)c2ccccc2NC(=O)COC(=O)c2ccc(CO)cc2)c1. The molecule has 0 heterocycles. The van der Waals surface area contributed by atoms with Crippen molar-refractivity contribution in [2.75, 3.05) is 17.2 Å². The molecule has 0 unspecified atom stereocenters. The molecular formula is C24H22N2O5. The van der Waals surface area contributed by atoms with E-state index in [0.717, 1.165) is 5.56 Å². The van der Waals surface area contributed by atoms with Gasteiger partial charge in [0.05, 0.1) is 23.4 Å². The van der Waals surface area contributed by atoms with Crippen LogP contribution in [-0.4, -0.2) is 29.5 Å². The molecule has 0 saturated heterocycles. The van der Waals surface area contributed by atoms with Crippen LogP contribution in [0.3, 0.4) is 0 Å². The van der Waals surface area contributed by atoms with Gasteiger partial charge in [-0.2, -0.15) is 0 Å². The molecule has 3 aromatic carbocycles. The Labute approximate surface area is 179 Å². The molecule has 3 aromatic rings. The highest BCUT2D eigenvalue weighted by atomic mass is 16.5. The second-order valence-electron chi connectivity index (χ2n) is 6.85. The second kappa shape index (κ2) is 10.2. The third-order valence-corrected chi connectivity index (χ3v) is 4.43. The maximum Gasteiger partial charge on any atom is 0.338 e. The lowest BCUT2D eigenvalue weighted by Gasteiger charge is -2.12. The molecule has 0 aliphatic carbocycles. The predicted octanol–water partition coefficient (Wildman–Crippen LogP) is 3.54. The zero-order chi connectivity index (χ0) is 22.2. The standard InChI is InChI=1S/C24H22N2O5/c1-16-5-4-6-19(13-16)25-23(29)20-7-2-3-8-21(20)26-22(28)15-31-24(30)18-11-9-17(14-27)10-12-18/h2-13,27H,14-15H2,1H3,(H,25,29)(H,26,28). The smallest absolute Gasteiger partial charge is 0.338 e. The van der Waals surface area contributed by atoms with Crippen LogP contribution >= 0.6 is 0 Å². The highest BCUT2D eigenvalue weighted by Gasteiger charge is 2.15. The summed E-state index contributed by atoms with van der Waals surface area (Å²) in [6.45, 7) is 1.29. The molecule has 7 nitrogen and oxygen atoms in total.